The number of carboxylic acid groups (broad SMARTS) is 1. The number of carbonyl (C=O) groups excluding carboxylic acids is 2. The van der Waals surface area contributed by atoms with Gasteiger partial charge in [-0.15, -0.1) is 11.8 Å². The second-order valence-electron chi connectivity index (χ2n) is 3.87. The normalized spacial score (nSPS) is 9.85. The van der Waals surface area contributed by atoms with E-state index in [0.29, 0.717) is 17.8 Å². The van der Waals surface area contributed by atoms with E-state index in [9.17, 15) is 14.4 Å². The molecule has 108 valence electrons. The summed E-state index contributed by atoms with van der Waals surface area (Å²) in [5.41, 5.74) is 0.970. The van der Waals surface area contributed by atoms with Crippen molar-refractivity contribution in [3.05, 3.63) is 29.8 Å². The fraction of sp³-hybridized carbons (Fsp3) is 0.308. The first kappa shape index (κ1) is 16.0. The number of carbonyl (C=O) groups is 3. The van der Waals surface area contributed by atoms with Gasteiger partial charge < -0.3 is 15.7 Å². The molecule has 1 aromatic rings. The Morgan fingerprint density at radius 2 is 2.00 bits per heavy atom. The summed E-state index contributed by atoms with van der Waals surface area (Å²) in [6, 6.07) is 6.57. The van der Waals surface area contributed by atoms with Crippen LogP contribution in [0.5, 0.6) is 0 Å². The second kappa shape index (κ2) is 8.21. The maximum absolute atomic E-state index is 11.6. The van der Waals surface area contributed by atoms with Crippen LogP contribution in [0.15, 0.2) is 24.3 Å². The highest BCUT2D eigenvalue weighted by atomic mass is 32.2. The molecule has 0 spiro atoms. The van der Waals surface area contributed by atoms with Crippen LogP contribution < -0.4 is 10.6 Å². The van der Waals surface area contributed by atoms with E-state index in [2.05, 4.69) is 10.6 Å². The number of thioether (sulfide) groups is 1. The molecular weight excluding hydrogens is 280 g/mol. The third-order valence-corrected chi connectivity index (χ3v) is 3.12. The molecule has 0 radical (unpaired) electrons. The molecule has 1 rings (SSSR count). The largest absolute Gasteiger partial charge is 0.481 e. The van der Waals surface area contributed by atoms with Crippen molar-refractivity contribution in [2.24, 2.45) is 0 Å². The van der Waals surface area contributed by atoms with Gasteiger partial charge in [0.1, 0.15) is 0 Å². The zero-order valence-electron chi connectivity index (χ0n) is 11.0. The van der Waals surface area contributed by atoms with Crippen molar-refractivity contribution in [3.63, 3.8) is 0 Å². The number of hydrogen-bond acceptors (Lipinski definition) is 4. The van der Waals surface area contributed by atoms with E-state index in [-0.39, 0.29) is 23.3 Å². The van der Waals surface area contributed by atoms with E-state index in [1.54, 1.807) is 24.3 Å². The van der Waals surface area contributed by atoms with Gasteiger partial charge in [-0.25, -0.2) is 0 Å². The fourth-order valence-corrected chi connectivity index (χ4v) is 1.96. The lowest BCUT2D eigenvalue weighted by atomic mass is 10.2. The van der Waals surface area contributed by atoms with E-state index < -0.39 is 5.97 Å². The van der Waals surface area contributed by atoms with E-state index in [0.717, 1.165) is 11.8 Å². The molecule has 0 saturated heterocycles. The minimum Gasteiger partial charge on any atom is -0.481 e. The number of anilines is 1. The van der Waals surface area contributed by atoms with Gasteiger partial charge in [0, 0.05) is 17.8 Å². The fourth-order valence-electron chi connectivity index (χ4n) is 1.43. The summed E-state index contributed by atoms with van der Waals surface area (Å²) < 4.78 is 0. The lowest BCUT2D eigenvalue weighted by Crippen LogP contribution is -2.23. The van der Waals surface area contributed by atoms with Crippen molar-refractivity contribution in [3.8, 4) is 0 Å². The number of benzene rings is 1. The molecule has 0 bridgehead atoms. The third-order valence-electron chi connectivity index (χ3n) is 2.20. The van der Waals surface area contributed by atoms with Crippen LogP contribution >= 0.6 is 11.8 Å². The van der Waals surface area contributed by atoms with Gasteiger partial charge in [-0.1, -0.05) is 6.07 Å². The SMILES string of the molecule is CCNC(=O)c1cccc(NC(=O)CSCC(=O)O)c1. The number of hydrogen-bond donors (Lipinski definition) is 3. The molecule has 6 nitrogen and oxygen atoms in total. The second-order valence-corrected chi connectivity index (χ2v) is 4.86. The molecule has 0 saturated carbocycles. The van der Waals surface area contributed by atoms with Gasteiger partial charge in [0.2, 0.25) is 5.91 Å². The molecule has 0 fully saturated rings. The summed E-state index contributed by atoms with van der Waals surface area (Å²) in [7, 11) is 0. The summed E-state index contributed by atoms with van der Waals surface area (Å²) in [5.74, 6) is -1.53. The number of amides is 2. The molecule has 1 aromatic carbocycles. The number of carboxylic acids is 1. The smallest absolute Gasteiger partial charge is 0.313 e. The minimum atomic E-state index is -0.957. The predicted molar refractivity (Wildman–Crippen MR) is 78.0 cm³/mol. The van der Waals surface area contributed by atoms with E-state index in [1.165, 1.54) is 0 Å². The highest BCUT2D eigenvalue weighted by Gasteiger charge is 2.08. The quantitative estimate of drug-likeness (QED) is 0.702. The Morgan fingerprint density at radius 3 is 2.65 bits per heavy atom. The van der Waals surface area contributed by atoms with Crippen LogP contribution in [0.4, 0.5) is 5.69 Å². The molecule has 0 aliphatic carbocycles. The Balaban J connectivity index is 2.55. The van der Waals surface area contributed by atoms with E-state index in [4.69, 9.17) is 5.11 Å². The van der Waals surface area contributed by atoms with Crippen molar-refractivity contribution in [1.82, 2.24) is 5.32 Å². The van der Waals surface area contributed by atoms with Gasteiger partial charge in [-0.05, 0) is 25.1 Å². The lowest BCUT2D eigenvalue weighted by Gasteiger charge is -2.07. The van der Waals surface area contributed by atoms with Gasteiger partial charge >= 0.3 is 5.97 Å². The molecule has 7 heteroatoms. The van der Waals surface area contributed by atoms with Crippen molar-refractivity contribution in [2.45, 2.75) is 6.92 Å². The summed E-state index contributed by atoms with van der Waals surface area (Å²) in [4.78, 5) is 33.5. The van der Waals surface area contributed by atoms with Gasteiger partial charge in [-0.3, -0.25) is 14.4 Å². The van der Waals surface area contributed by atoms with Crippen LogP contribution in [0.1, 0.15) is 17.3 Å². The molecule has 3 N–H and O–H groups in total. The molecule has 2 amide bonds. The zero-order chi connectivity index (χ0) is 15.0. The number of aliphatic carboxylic acids is 1. The molecule has 0 atom stereocenters. The Kier molecular flexibility index (Phi) is 6.58. The van der Waals surface area contributed by atoms with E-state index in [1.807, 2.05) is 6.92 Å². The summed E-state index contributed by atoms with van der Waals surface area (Å²) >= 11 is 1.02. The summed E-state index contributed by atoms with van der Waals surface area (Å²) in [6.07, 6.45) is 0. The van der Waals surface area contributed by atoms with Crippen molar-refractivity contribution >= 4 is 35.2 Å². The van der Waals surface area contributed by atoms with Crippen LogP contribution in [0.25, 0.3) is 0 Å². The molecular formula is C13H16N2O4S. The first-order valence-electron chi connectivity index (χ1n) is 6.00. The Hall–Kier alpha value is -2.02. The van der Waals surface area contributed by atoms with Crippen LogP contribution in [0.2, 0.25) is 0 Å². The molecule has 20 heavy (non-hydrogen) atoms. The summed E-state index contributed by atoms with van der Waals surface area (Å²) in [6.45, 7) is 2.35. The highest BCUT2D eigenvalue weighted by molar-refractivity contribution is 8.00. The maximum Gasteiger partial charge on any atom is 0.313 e. The van der Waals surface area contributed by atoms with Crippen LogP contribution in [-0.4, -0.2) is 40.9 Å². The minimum absolute atomic E-state index is 0.0533. The van der Waals surface area contributed by atoms with Gasteiger partial charge in [0.05, 0.1) is 11.5 Å². The van der Waals surface area contributed by atoms with Gasteiger partial charge in [0.25, 0.3) is 5.91 Å². The molecule has 0 aliphatic heterocycles. The lowest BCUT2D eigenvalue weighted by molar-refractivity contribution is -0.133. The zero-order valence-corrected chi connectivity index (χ0v) is 11.8. The molecule has 0 aliphatic rings. The summed E-state index contributed by atoms with van der Waals surface area (Å²) in [5, 5.41) is 13.8. The number of rotatable bonds is 7. The molecule has 0 unspecified atom stereocenters. The predicted octanol–water partition coefficient (Wildman–Crippen LogP) is 1.19. The molecule has 0 aromatic heterocycles. The average molecular weight is 296 g/mol. The topological polar surface area (TPSA) is 95.5 Å². The Bertz CT molecular complexity index is 505. The van der Waals surface area contributed by atoms with Crippen LogP contribution in [-0.2, 0) is 9.59 Å². The highest BCUT2D eigenvalue weighted by Crippen LogP contribution is 2.11. The molecule has 0 heterocycles. The van der Waals surface area contributed by atoms with Crippen LogP contribution in [0, 0.1) is 0 Å². The average Bonchev–Trinajstić information content (AvgIpc) is 2.38. The Morgan fingerprint density at radius 1 is 1.25 bits per heavy atom. The van der Waals surface area contributed by atoms with Crippen molar-refractivity contribution in [2.75, 3.05) is 23.4 Å². The number of nitrogens with one attached hydrogen (secondary N) is 2. The first-order chi connectivity index (χ1) is 9.52. The van der Waals surface area contributed by atoms with Gasteiger partial charge in [0.15, 0.2) is 0 Å². The van der Waals surface area contributed by atoms with E-state index >= 15 is 0 Å². The standard InChI is InChI=1S/C13H16N2O4S/c1-2-14-13(19)9-4-3-5-10(6-9)15-11(16)7-20-8-12(17)18/h3-6H,2,7-8H2,1H3,(H,14,19)(H,15,16)(H,17,18). The maximum atomic E-state index is 11.6. The van der Waals surface area contributed by atoms with Gasteiger partial charge in [-0.2, -0.15) is 0 Å². The third kappa shape index (κ3) is 5.75. The monoisotopic (exact) mass is 296 g/mol. The first-order valence-corrected chi connectivity index (χ1v) is 7.16. The Labute approximate surface area is 120 Å². The van der Waals surface area contributed by atoms with Crippen LogP contribution in [0.3, 0.4) is 0 Å². The van der Waals surface area contributed by atoms with Crippen molar-refractivity contribution < 1.29 is 19.5 Å². The van der Waals surface area contributed by atoms with Crippen molar-refractivity contribution in [1.29, 1.82) is 0 Å².